The SMILES string of the molecule is CCC\C=C/C=C\C=C/C=C\C=C/CCCCCCCC(=O)OC(COC(=O)CCCCCCCCCCCC/C=C\C=C/CCCCC)COC(=O)CCCCCCCCCCCCCCCCCCC. The zero-order chi connectivity index (χ0) is 52.2. The second-order valence-electron chi connectivity index (χ2n) is 20.4. The Kier molecular flexibility index (Phi) is 57.3. The first kappa shape index (κ1) is 68.6. The topological polar surface area (TPSA) is 78.9 Å². The highest BCUT2D eigenvalue weighted by atomic mass is 16.6. The summed E-state index contributed by atoms with van der Waals surface area (Å²) in [4.78, 5) is 38.3. The Bertz CT molecular complexity index is 1380. The molecule has 1 atom stereocenters. The minimum atomic E-state index is -0.792. The Morgan fingerprint density at radius 1 is 0.278 bits per heavy atom. The molecule has 0 bridgehead atoms. The van der Waals surface area contributed by atoms with Crippen LogP contribution in [0.15, 0.2) is 85.1 Å². The summed E-state index contributed by atoms with van der Waals surface area (Å²) in [7, 11) is 0. The number of unbranched alkanes of at least 4 members (excludes halogenated alkanes) is 35. The van der Waals surface area contributed by atoms with Crippen molar-refractivity contribution in [1.29, 1.82) is 0 Å². The van der Waals surface area contributed by atoms with Gasteiger partial charge in [0.15, 0.2) is 6.10 Å². The van der Waals surface area contributed by atoms with Crippen LogP contribution in [-0.4, -0.2) is 37.2 Å². The number of carbonyl (C=O) groups is 3. The highest BCUT2D eigenvalue weighted by Gasteiger charge is 2.19. The van der Waals surface area contributed by atoms with E-state index in [1.807, 2.05) is 24.3 Å². The van der Waals surface area contributed by atoms with Crippen molar-refractivity contribution in [3.8, 4) is 0 Å². The van der Waals surface area contributed by atoms with E-state index in [1.165, 1.54) is 173 Å². The van der Waals surface area contributed by atoms with Crippen molar-refractivity contribution in [2.24, 2.45) is 0 Å². The molecule has 6 heteroatoms. The van der Waals surface area contributed by atoms with E-state index in [1.54, 1.807) is 0 Å². The fourth-order valence-electron chi connectivity index (χ4n) is 8.64. The third-order valence-corrected chi connectivity index (χ3v) is 13.3. The summed E-state index contributed by atoms with van der Waals surface area (Å²) in [6.45, 7) is 6.53. The average Bonchev–Trinajstić information content (AvgIpc) is 3.38. The van der Waals surface area contributed by atoms with Gasteiger partial charge in [-0.3, -0.25) is 14.4 Å². The summed E-state index contributed by atoms with van der Waals surface area (Å²) in [5.41, 5.74) is 0. The molecule has 0 N–H and O–H groups in total. The molecule has 0 spiro atoms. The maximum Gasteiger partial charge on any atom is 0.306 e. The molecule has 0 aliphatic carbocycles. The molecule has 0 rings (SSSR count). The third kappa shape index (κ3) is 57.5. The van der Waals surface area contributed by atoms with Crippen LogP contribution >= 0.6 is 0 Å². The second kappa shape index (κ2) is 60.1. The molecule has 0 aromatic heterocycles. The van der Waals surface area contributed by atoms with Crippen molar-refractivity contribution in [1.82, 2.24) is 0 Å². The number of allylic oxidation sites excluding steroid dienone is 14. The molecule has 0 saturated heterocycles. The molecule has 0 heterocycles. The number of ether oxygens (including phenoxy) is 3. The first-order chi connectivity index (χ1) is 35.5. The van der Waals surface area contributed by atoms with Crippen molar-refractivity contribution in [2.75, 3.05) is 13.2 Å². The first-order valence-corrected chi connectivity index (χ1v) is 30.7. The molecular formula is C66H114O6. The van der Waals surface area contributed by atoms with Gasteiger partial charge in [0.2, 0.25) is 0 Å². The Labute approximate surface area is 445 Å². The van der Waals surface area contributed by atoms with Gasteiger partial charge in [-0.15, -0.1) is 0 Å². The fraction of sp³-hybridized carbons (Fsp3) is 0.742. The number of esters is 3. The Morgan fingerprint density at radius 3 is 0.875 bits per heavy atom. The Morgan fingerprint density at radius 2 is 0.528 bits per heavy atom. The highest BCUT2D eigenvalue weighted by molar-refractivity contribution is 5.71. The summed E-state index contributed by atoms with van der Waals surface area (Å²) in [6.07, 6.45) is 78.5. The zero-order valence-corrected chi connectivity index (χ0v) is 47.4. The molecule has 1 unspecified atom stereocenters. The lowest BCUT2D eigenvalue weighted by Crippen LogP contribution is -2.30. The number of hydrogen-bond acceptors (Lipinski definition) is 6. The van der Waals surface area contributed by atoms with Crippen molar-refractivity contribution < 1.29 is 28.6 Å². The van der Waals surface area contributed by atoms with Crippen LogP contribution in [0.4, 0.5) is 0 Å². The molecule has 6 nitrogen and oxygen atoms in total. The van der Waals surface area contributed by atoms with Gasteiger partial charge in [0.1, 0.15) is 13.2 Å². The third-order valence-electron chi connectivity index (χ3n) is 13.3. The van der Waals surface area contributed by atoms with Crippen LogP contribution in [0, 0.1) is 0 Å². The smallest absolute Gasteiger partial charge is 0.306 e. The molecule has 414 valence electrons. The van der Waals surface area contributed by atoms with Gasteiger partial charge in [-0.25, -0.2) is 0 Å². The summed E-state index contributed by atoms with van der Waals surface area (Å²) >= 11 is 0. The van der Waals surface area contributed by atoms with Crippen LogP contribution in [0.5, 0.6) is 0 Å². The van der Waals surface area contributed by atoms with E-state index in [-0.39, 0.29) is 31.1 Å². The lowest BCUT2D eigenvalue weighted by molar-refractivity contribution is -0.167. The maximum atomic E-state index is 12.9. The zero-order valence-electron chi connectivity index (χ0n) is 47.4. The van der Waals surface area contributed by atoms with Gasteiger partial charge in [0, 0.05) is 19.3 Å². The molecule has 0 fully saturated rings. The van der Waals surface area contributed by atoms with Gasteiger partial charge in [-0.05, 0) is 64.2 Å². The summed E-state index contributed by atoms with van der Waals surface area (Å²) in [6, 6.07) is 0. The van der Waals surface area contributed by atoms with Crippen molar-refractivity contribution in [3.05, 3.63) is 85.1 Å². The van der Waals surface area contributed by atoms with E-state index in [0.717, 1.165) is 83.5 Å². The lowest BCUT2D eigenvalue weighted by atomic mass is 10.0. The van der Waals surface area contributed by atoms with Gasteiger partial charge in [0.05, 0.1) is 0 Å². The highest BCUT2D eigenvalue weighted by Crippen LogP contribution is 2.17. The minimum Gasteiger partial charge on any atom is -0.462 e. The van der Waals surface area contributed by atoms with Crippen LogP contribution < -0.4 is 0 Å². The van der Waals surface area contributed by atoms with Crippen LogP contribution in [-0.2, 0) is 28.6 Å². The molecule has 72 heavy (non-hydrogen) atoms. The van der Waals surface area contributed by atoms with E-state index >= 15 is 0 Å². The molecule has 0 aliphatic heterocycles. The predicted molar refractivity (Wildman–Crippen MR) is 311 cm³/mol. The molecule has 0 aromatic carbocycles. The van der Waals surface area contributed by atoms with Crippen LogP contribution in [0.2, 0.25) is 0 Å². The monoisotopic (exact) mass is 1000 g/mol. The van der Waals surface area contributed by atoms with Crippen LogP contribution in [0.3, 0.4) is 0 Å². The Hall–Kier alpha value is -3.41. The quantitative estimate of drug-likeness (QED) is 0.0261. The average molecular weight is 1000 g/mol. The fourth-order valence-corrected chi connectivity index (χ4v) is 8.64. The summed E-state index contributed by atoms with van der Waals surface area (Å²) in [5, 5.41) is 0. The van der Waals surface area contributed by atoms with Crippen LogP contribution in [0.25, 0.3) is 0 Å². The van der Waals surface area contributed by atoms with E-state index in [0.29, 0.717) is 19.3 Å². The van der Waals surface area contributed by atoms with Crippen LogP contribution in [0.1, 0.15) is 297 Å². The van der Waals surface area contributed by atoms with Gasteiger partial charge in [0.25, 0.3) is 0 Å². The first-order valence-electron chi connectivity index (χ1n) is 30.7. The largest absolute Gasteiger partial charge is 0.462 e. The standard InChI is InChI=1S/C66H114O6/c1-4-7-10-13-16-19-22-25-28-31-33-36-38-41-44-47-50-53-56-59-65(68)71-62-63(61-70-64(67)58-55-52-49-46-43-40-37-34-30-27-24-21-18-15-12-9-6-3)72-66(69)60-57-54-51-48-45-42-39-35-32-29-26-23-20-17-14-11-8-5-2/h11,14,16-17,19-20,22-23,25-26,29,32,35,39,63H,4-10,12-13,15,18,21,24,27-28,30-31,33-34,36-38,40-62H2,1-3H3/b14-11-,19-16-,20-17-,25-22-,26-23-,32-29-,39-35-. The van der Waals surface area contributed by atoms with Crippen molar-refractivity contribution in [3.63, 3.8) is 0 Å². The lowest BCUT2D eigenvalue weighted by Gasteiger charge is -2.18. The molecule has 0 saturated carbocycles. The molecular weight excluding hydrogens is 889 g/mol. The Balaban J connectivity index is 4.42. The molecule has 0 amide bonds. The van der Waals surface area contributed by atoms with Gasteiger partial charge < -0.3 is 14.2 Å². The predicted octanol–water partition coefficient (Wildman–Crippen LogP) is 20.7. The van der Waals surface area contributed by atoms with Crippen molar-refractivity contribution >= 4 is 17.9 Å². The number of hydrogen-bond donors (Lipinski definition) is 0. The van der Waals surface area contributed by atoms with E-state index in [4.69, 9.17) is 14.2 Å². The number of carbonyl (C=O) groups excluding carboxylic acids is 3. The number of rotatable bonds is 55. The minimum absolute atomic E-state index is 0.0858. The van der Waals surface area contributed by atoms with Crippen molar-refractivity contribution in [2.45, 2.75) is 303 Å². The normalized spacial score (nSPS) is 12.7. The molecule has 0 radical (unpaired) electrons. The summed E-state index contributed by atoms with van der Waals surface area (Å²) < 4.78 is 16.9. The maximum absolute atomic E-state index is 12.9. The molecule has 0 aromatic rings. The van der Waals surface area contributed by atoms with E-state index in [9.17, 15) is 14.4 Å². The second-order valence-corrected chi connectivity index (χ2v) is 20.4. The van der Waals surface area contributed by atoms with Gasteiger partial charge >= 0.3 is 17.9 Å². The van der Waals surface area contributed by atoms with Gasteiger partial charge in [-0.2, -0.15) is 0 Å². The molecule has 0 aliphatic rings. The van der Waals surface area contributed by atoms with Gasteiger partial charge in [-0.1, -0.05) is 298 Å². The summed E-state index contributed by atoms with van der Waals surface area (Å²) in [5.74, 6) is -0.902. The van der Waals surface area contributed by atoms with E-state index < -0.39 is 6.10 Å². The van der Waals surface area contributed by atoms with E-state index in [2.05, 4.69) is 81.5 Å².